The first-order chi connectivity index (χ1) is 9.06. The zero-order valence-electron chi connectivity index (χ0n) is 11.0. The predicted molar refractivity (Wildman–Crippen MR) is 85.7 cm³/mol. The molecule has 1 N–H and O–H groups in total. The summed E-state index contributed by atoms with van der Waals surface area (Å²) in [4.78, 5) is 1.23. The number of benzene rings is 1. The molecule has 2 rings (SSSR count). The number of methoxy groups -OCH3 is 1. The van der Waals surface area contributed by atoms with Crippen LogP contribution in [0.15, 0.2) is 28.1 Å². The van der Waals surface area contributed by atoms with E-state index in [0.29, 0.717) is 5.02 Å². The lowest BCUT2D eigenvalue weighted by atomic mass is 10.0. The molecule has 1 aromatic heterocycles. The van der Waals surface area contributed by atoms with Crippen molar-refractivity contribution in [3.8, 4) is 5.75 Å². The van der Waals surface area contributed by atoms with Crippen molar-refractivity contribution in [3.63, 3.8) is 0 Å². The Morgan fingerprint density at radius 2 is 2.11 bits per heavy atom. The van der Waals surface area contributed by atoms with Gasteiger partial charge in [0.25, 0.3) is 0 Å². The smallest absolute Gasteiger partial charge is 0.124 e. The fourth-order valence-electron chi connectivity index (χ4n) is 2.01. The Bertz CT molecular complexity index is 565. The first-order valence-electron chi connectivity index (χ1n) is 5.83. The van der Waals surface area contributed by atoms with E-state index in [1.165, 1.54) is 10.4 Å². The number of aryl methyl sites for hydroxylation is 1. The van der Waals surface area contributed by atoms with Crippen LogP contribution >= 0.6 is 38.9 Å². The molecule has 19 heavy (non-hydrogen) atoms. The molecule has 2 nitrogen and oxygen atoms in total. The second-order valence-corrected chi connectivity index (χ2v) is 7.05. The van der Waals surface area contributed by atoms with Gasteiger partial charge in [0.2, 0.25) is 0 Å². The predicted octanol–water partition coefficient (Wildman–Crippen LogP) is 4.79. The summed E-state index contributed by atoms with van der Waals surface area (Å²) in [5.74, 6) is 0.839. The summed E-state index contributed by atoms with van der Waals surface area (Å²) in [5, 5.41) is 4.04. The molecule has 1 heterocycles. The zero-order chi connectivity index (χ0) is 14.0. The van der Waals surface area contributed by atoms with E-state index < -0.39 is 0 Å². The quantitative estimate of drug-likeness (QED) is 0.846. The molecule has 2 aromatic rings. The standard InChI is InChI=1S/C14H15BrClNOS/c1-8-6-12(19-14(8)15)13(17-2)10-7-9(16)4-5-11(10)18-3/h4-7,13,17H,1-3H3. The van der Waals surface area contributed by atoms with Crippen molar-refractivity contribution in [2.45, 2.75) is 13.0 Å². The van der Waals surface area contributed by atoms with Gasteiger partial charge < -0.3 is 10.1 Å². The molecule has 0 aliphatic heterocycles. The SMILES string of the molecule is CNC(c1cc(C)c(Br)s1)c1cc(Cl)ccc1OC. The highest BCUT2D eigenvalue weighted by Gasteiger charge is 2.19. The number of rotatable bonds is 4. The van der Waals surface area contributed by atoms with Crippen LogP contribution in [0.1, 0.15) is 22.0 Å². The second-order valence-electron chi connectivity index (χ2n) is 4.21. The van der Waals surface area contributed by atoms with Gasteiger partial charge in [-0.05, 0) is 59.7 Å². The Morgan fingerprint density at radius 1 is 1.37 bits per heavy atom. The molecule has 0 bridgehead atoms. The average molecular weight is 361 g/mol. The van der Waals surface area contributed by atoms with Gasteiger partial charge in [0.15, 0.2) is 0 Å². The molecule has 0 amide bonds. The highest BCUT2D eigenvalue weighted by Crippen LogP contribution is 2.38. The molecule has 1 aromatic carbocycles. The minimum Gasteiger partial charge on any atom is -0.496 e. The van der Waals surface area contributed by atoms with Crippen LogP contribution in [0.25, 0.3) is 0 Å². The molecule has 102 valence electrons. The Morgan fingerprint density at radius 3 is 2.63 bits per heavy atom. The maximum Gasteiger partial charge on any atom is 0.124 e. The third-order valence-corrected chi connectivity index (χ3v) is 5.39. The van der Waals surface area contributed by atoms with Crippen LogP contribution in [0.5, 0.6) is 5.75 Å². The lowest BCUT2D eigenvalue weighted by Crippen LogP contribution is -2.17. The van der Waals surface area contributed by atoms with Crippen LogP contribution in [0.2, 0.25) is 5.02 Å². The largest absolute Gasteiger partial charge is 0.496 e. The summed E-state index contributed by atoms with van der Waals surface area (Å²) in [6.45, 7) is 2.09. The molecule has 0 radical (unpaired) electrons. The van der Waals surface area contributed by atoms with Crippen molar-refractivity contribution < 1.29 is 4.74 Å². The minimum atomic E-state index is 0.0728. The second kappa shape index (κ2) is 6.27. The summed E-state index contributed by atoms with van der Waals surface area (Å²) >= 11 is 11.4. The van der Waals surface area contributed by atoms with Gasteiger partial charge >= 0.3 is 0 Å². The highest BCUT2D eigenvalue weighted by molar-refractivity contribution is 9.11. The molecule has 1 unspecified atom stereocenters. The third-order valence-electron chi connectivity index (χ3n) is 2.95. The Labute approximate surface area is 130 Å². The number of hydrogen-bond acceptors (Lipinski definition) is 3. The van der Waals surface area contributed by atoms with Gasteiger partial charge in [0.05, 0.1) is 16.9 Å². The van der Waals surface area contributed by atoms with Crippen molar-refractivity contribution in [3.05, 3.63) is 49.1 Å². The normalized spacial score (nSPS) is 12.5. The molecule has 0 aliphatic rings. The van der Waals surface area contributed by atoms with Gasteiger partial charge in [-0.3, -0.25) is 0 Å². The average Bonchev–Trinajstić information content (AvgIpc) is 2.70. The summed E-state index contributed by atoms with van der Waals surface area (Å²) in [6.07, 6.45) is 0. The van der Waals surface area contributed by atoms with Crippen molar-refractivity contribution in [2.75, 3.05) is 14.2 Å². The number of ether oxygens (including phenoxy) is 1. The van der Waals surface area contributed by atoms with Gasteiger partial charge in [-0.2, -0.15) is 0 Å². The van der Waals surface area contributed by atoms with Crippen molar-refractivity contribution in [2.24, 2.45) is 0 Å². The molecule has 1 atom stereocenters. The summed E-state index contributed by atoms with van der Waals surface area (Å²) in [7, 11) is 3.61. The number of nitrogens with one attached hydrogen (secondary N) is 1. The Balaban J connectivity index is 2.50. The fourth-order valence-corrected chi connectivity index (χ4v) is 3.89. The summed E-state index contributed by atoms with van der Waals surface area (Å²) < 4.78 is 6.59. The lowest BCUT2D eigenvalue weighted by molar-refractivity contribution is 0.405. The van der Waals surface area contributed by atoms with Crippen LogP contribution in [-0.2, 0) is 0 Å². The van der Waals surface area contributed by atoms with Gasteiger partial charge in [-0.15, -0.1) is 11.3 Å². The van der Waals surface area contributed by atoms with E-state index in [4.69, 9.17) is 16.3 Å². The maximum atomic E-state index is 6.11. The molecule has 0 aliphatic carbocycles. The first-order valence-corrected chi connectivity index (χ1v) is 7.82. The van der Waals surface area contributed by atoms with Crippen molar-refractivity contribution in [1.82, 2.24) is 5.32 Å². The van der Waals surface area contributed by atoms with Crippen LogP contribution in [0.4, 0.5) is 0 Å². The summed E-state index contributed by atoms with van der Waals surface area (Å²) in [5.41, 5.74) is 2.28. The van der Waals surface area contributed by atoms with E-state index in [2.05, 4.69) is 34.2 Å². The monoisotopic (exact) mass is 359 g/mol. The van der Waals surface area contributed by atoms with Crippen molar-refractivity contribution >= 4 is 38.9 Å². The van der Waals surface area contributed by atoms with E-state index in [-0.39, 0.29) is 6.04 Å². The van der Waals surface area contributed by atoms with Gasteiger partial charge in [-0.1, -0.05) is 11.6 Å². The Hall–Kier alpha value is -0.550. The fraction of sp³-hybridized carbons (Fsp3) is 0.286. The van der Waals surface area contributed by atoms with E-state index in [1.54, 1.807) is 18.4 Å². The maximum absolute atomic E-state index is 6.11. The van der Waals surface area contributed by atoms with E-state index in [1.807, 2.05) is 25.2 Å². The molecule has 0 saturated heterocycles. The number of thiophene rings is 1. The zero-order valence-corrected chi connectivity index (χ0v) is 14.1. The van der Waals surface area contributed by atoms with E-state index in [9.17, 15) is 0 Å². The third kappa shape index (κ3) is 3.14. The van der Waals surface area contributed by atoms with Crippen LogP contribution in [0, 0.1) is 6.92 Å². The molecular weight excluding hydrogens is 346 g/mol. The molecule has 0 spiro atoms. The van der Waals surface area contributed by atoms with Gasteiger partial charge in [0.1, 0.15) is 5.75 Å². The van der Waals surface area contributed by atoms with Gasteiger partial charge in [-0.25, -0.2) is 0 Å². The summed E-state index contributed by atoms with van der Waals surface area (Å²) in [6, 6.07) is 7.94. The highest BCUT2D eigenvalue weighted by atomic mass is 79.9. The number of halogens is 2. The Kier molecular flexibility index (Phi) is 4.90. The van der Waals surface area contributed by atoms with Crippen LogP contribution < -0.4 is 10.1 Å². The molecule has 0 fully saturated rings. The molecular formula is C14H15BrClNOS. The van der Waals surface area contributed by atoms with Gasteiger partial charge in [0, 0.05) is 15.5 Å². The number of hydrogen-bond donors (Lipinski definition) is 1. The topological polar surface area (TPSA) is 21.3 Å². The van der Waals surface area contributed by atoms with Crippen LogP contribution in [0.3, 0.4) is 0 Å². The van der Waals surface area contributed by atoms with Crippen LogP contribution in [-0.4, -0.2) is 14.2 Å². The lowest BCUT2D eigenvalue weighted by Gasteiger charge is -2.18. The molecule has 0 saturated carbocycles. The van der Waals surface area contributed by atoms with E-state index >= 15 is 0 Å². The minimum absolute atomic E-state index is 0.0728. The molecule has 5 heteroatoms. The van der Waals surface area contributed by atoms with E-state index in [0.717, 1.165) is 15.1 Å². The first kappa shape index (κ1) is 14.9. The van der Waals surface area contributed by atoms with Crippen molar-refractivity contribution in [1.29, 1.82) is 0 Å².